The molecule has 1 aromatic carbocycles. The lowest BCUT2D eigenvalue weighted by Crippen LogP contribution is -2.37. The van der Waals surface area contributed by atoms with Gasteiger partial charge in [0.1, 0.15) is 0 Å². The Kier molecular flexibility index (Phi) is 7.67. The number of ether oxygens (including phenoxy) is 3. The van der Waals surface area contributed by atoms with Crippen LogP contribution >= 0.6 is 0 Å². The molecule has 1 aromatic rings. The third-order valence-corrected chi connectivity index (χ3v) is 2.90. The normalized spacial score (nSPS) is 10.8. The molecular formula is C16H25N3O3. The van der Waals surface area contributed by atoms with Gasteiger partial charge in [0.05, 0.1) is 27.9 Å². The maximum atomic E-state index is 5.34. The van der Waals surface area contributed by atoms with Gasteiger partial charge < -0.3 is 24.8 Å². The number of hydrogen-bond donors (Lipinski definition) is 2. The Morgan fingerprint density at radius 1 is 1.14 bits per heavy atom. The van der Waals surface area contributed by atoms with Gasteiger partial charge >= 0.3 is 0 Å². The molecule has 0 aliphatic carbocycles. The highest BCUT2D eigenvalue weighted by atomic mass is 16.5. The van der Waals surface area contributed by atoms with Crippen molar-refractivity contribution in [2.75, 3.05) is 34.4 Å². The van der Waals surface area contributed by atoms with Gasteiger partial charge in [0, 0.05) is 13.1 Å². The number of nitrogens with zero attached hydrogens (tertiary/aromatic N) is 1. The second-order valence-corrected chi connectivity index (χ2v) is 4.40. The zero-order chi connectivity index (χ0) is 16.4. The molecule has 0 saturated heterocycles. The number of nitrogens with one attached hydrogen (secondary N) is 2. The van der Waals surface area contributed by atoms with E-state index in [0.717, 1.165) is 18.1 Å². The fourth-order valence-electron chi connectivity index (χ4n) is 1.91. The van der Waals surface area contributed by atoms with Crippen LogP contribution in [0.3, 0.4) is 0 Å². The molecule has 0 bridgehead atoms. The smallest absolute Gasteiger partial charge is 0.203 e. The highest BCUT2D eigenvalue weighted by Gasteiger charge is 2.12. The number of rotatable bonds is 8. The molecule has 122 valence electrons. The van der Waals surface area contributed by atoms with E-state index >= 15 is 0 Å². The second kappa shape index (κ2) is 9.55. The maximum Gasteiger partial charge on any atom is 0.203 e. The first-order valence-electron chi connectivity index (χ1n) is 7.12. The van der Waals surface area contributed by atoms with Crippen molar-refractivity contribution in [2.45, 2.75) is 13.5 Å². The minimum atomic E-state index is 0.489. The molecule has 6 heteroatoms. The van der Waals surface area contributed by atoms with Crippen molar-refractivity contribution in [1.82, 2.24) is 10.6 Å². The molecule has 6 nitrogen and oxygen atoms in total. The first kappa shape index (κ1) is 17.7. The van der Waals surface area contributed by atoms with Crippen molar-refractivity contribution in [1.29, 1.82) is 0 Å². The largest absolute Gasteiger partial charge is 0.493 e. The number of benzene rings is 1. The fraction of sp³-hybridized carbons (Fsp3) is 0.438. The summed E-state index contributed by atoms with van der Waals surface area (Å²) in [5.41, 5.74) is 0.963. The highest BCUT2D eigenvalue weighted by Crippen LogP contribution is 2.38. The summed E-state index contributed by atoms with van der Waals surface area (Å²) in [6, 6.07) is 3.78. The summed E-state index contributed by atoms with van der Waals surface area (Å²) in [5, 5.41) is 6.33. The first-order valence-corrected chi connectivity index (χ1v) is 7.12. The molecule has 0 heterocycles. The third kappa shape index (κ3) is 4.87. The van der Waals surface area contributed by atoms with Gasteiger partial charge in [0.15, 0.2) is 17.5 Å². The summed E-state index contributed by atoms with van der Waals surface area (Å²) in [6.07, 6.45) is 1.78. The van der Waals surface area contributed by atoms with Crippen molar-refractivity contribution < 1.29 is 14.2 Å². The van der Waals surface area contributed by atoms with E-state index in [4.69, 9.17) is 14.2 Å². The summed E-state index contributed by atoms with van der Waals surface area (Å²) in [5.74, 6) is 2.55. The second-order valence-electron chi connectivity index (χ2n) is 4.40. The average Bonchev–Trinajstić information content (AvgIpc) is 2.56. The maximum absolute atomic E-state index is 5.34. The minimum Gasteiger partial charge on any atom is -0.493 e. The Hall–Kier alpha value is -2.37. The predicted molar refractivity (Wildman–Crippen MR) is 89.1 cm³/mol. The van der Waals surface area contributed by atoms with Crippen LogP contribution in [0.5, 0.6) is 17.2 Å². The lowest BCUT2D eigenvalue weighted by atomic mass is 10.2. The van der Waals surface area contributed by atoms with E-state index in [-0.39, 0.29) is 0 Å². The van der Waals surface area contributed by atoms with Crippen LogP contribution in [0.25, 0.3) is 0 Å². The van der Waals surface area contributed by atoms with E-state index in [0.29, 0.717) is 30.3 Å². The van der Waals surface area contributed by atoms with Crippen molar-refractivity contribution >= 4 is 5.96 Å². The fourth-order valence-corrected chi connectivity index (χ4v) is 1.91. The molecule has 0 unspecified atom stereocenters. The molecule has 0 spiro atoms. The van der Waals surface area contributed by atoms with Crippen LogP contribution in [0.1, 0.15) is 12.5 Å². The van der Waals surface area contributed by atoms with Crippen LogP contribution in [-0.4, -0.2) is 40.4 Å². The molecule has 0 atom stereocenters. The molecule has 0 aliphatic rings. The summed E-state index contributed by atoms with van der Waals surface area (Å²) >= 11 is 0. The van der Waals surface area contributed by atoms with Crippen LogP contribution in [0.15, 0.2) is 29.8 Å². The van der Waals surface area contributed by atoms with E-state index < -0.39 is 0 Å². The topological polar surface area (TPSA) is 64.1 Å². The lowest BCUT2D eigenvalue weighted by molar-refractivity contribution is 0.324. The SMILES string of the molecule is C=CCNC(=NCc1cc(OC)c(OC)c(OC)c1)NCC. The summed E-state index contributed by atoms with van der Waals surface area (Å²) in [4.78, 5) is 4.52. The minimum absolute atomic E-state index is 0.489. The van der Waals surface area contributed by atoms with E-state index in [1.165, 1.54) is 0 Å². The van der Waals surface area contributed by atoms with Gasteiger partial charge in [0.25, 0.3) is 0 Å². The molecule has 0 fully saturated rings. The molecule has 0 aromatic heterocycles. The molecule has 2 N–H and O–H groups in total. The zero-order valence-electron chi connectivity index (χ0n) is 13.7. The Labute approximate surface area is 132 Å². The van der Waals surface area contributed by atoms with Gasteiger partial charge in [-0.1, -0.05) is 6.08 Å². The van der Waals surface area contributed by atoms with Crippen LogP contribution in [-0.2, 0) is 6.54 Å². The molecular weight excluding hydrogens is 282 g/mol. The lowest BCUT2D eigenvalue weighted by Gasteiger charge is -2.14. The Morgan fingerprint density at radius 2 is 1.77 bits per heavy atom. The van der Waals surface area contributed by atoms with Gasteiger partial charge in [-0.05, 0) is 24.6 Å². The molecule has 0 amide bonds. The van der Waals surface area contributed by atoms with Gasteiger partial charge in [-0.15, -0.1) is 6.58 Å². The zero-order valence-corrected chi connectivity index (χ0v) is 13.7. The number of guanidine groups is 1. The van der Waals surface area contributed by atoms with E-state index in [1.54, 1.807) is 27.4 Å². The predicted octanol–water partition coefficient (Wildman–Crippen LogP) is 1.95. The summed E-state index contributed by atoms with van der Waals surface area (Å²) in [6.45, 7) is 7.63. The average molecular weight is 307 g/mol. The molecule has 0 aliphatic heterocycles. The van der Waals surface area contributed by atoms with Crippen molar-refractivity contribution in [2.24, 2.45) is 4.99 Å². The monoisotopic (exact) mass is 307 g/mol. The Balaban J connectivity index is 2.98. The summed E-state index contributed by atoms with van der Waals surface area (Å²) < 4.78 is 16.0. The van der Waals surface area contributed by atoms with Gasteiger partial charge in [0.2, 0.25) is 5.75 Å². The summed E-state index contributed by atoms with van der Waals surface area (Å²) in [7, 11) is 4.78. The highest BCUT2D eigenvalue weighted by molar-refractivity contribution is 5.79. The van der Waals surface area contributed by atoms with Gasteiger partial charge in [-0.25, -0.2) is 4.99 Å². The third-order valence-electron chi connectivity index (χ3n) is 2.90. The molecule has 0 radical (unpaired) electrons. The van der Waals surface area contributed by atoms with Crippen molar-refractivity contribution in [3.05, 3.63) is 30.4 Å². The first-order chi connectivity index (χ1) is 10.7. The van der Waals surface area contributed by atoms with Crippen LogP contribution in [0.4, 0.5) is 0 Å². The molecule has 22 heavy (non-hydrogen) atoms. The van der Waals surface area contributed by atoms with Crippen LogP contribution in [0.2, 0.25) is 0 Å². The quantitative estimate of drug-likeness (QED) is 0.437. The van der Waals surface area contributed by atoms with Crippen LogP contribution in [0, 0.1) is 0 Å². The van der Waals surface area contributed by atoms with Crippen LogP contribution < -0.4 is 24.8 Å². The number of aliphatic imine (C=N–C) groups is 1. The standard InChI is InChI=1S/C16H25N3O3/c1-6-8-18-16(17-7-2)19-11-12-9-13(20-3)15(22-5)14(10-12)21-4/h6,9-10H,1,7-8,11H2,2-5H3,(H2,17,18,19). The van der Waals surface area contributed by atoms with E-state index in [9.17, 15) is 0 Å². The van der Waals surface area contributed by atoms with Gasteiger partial charge in [-0.3, -0.25) is 0 Å². The van der Waals surface area contributed by atoms with Crippen molar-refractivity contribution in [3.8, 4) is 17.2 Å². The number of methoxy groups -OCH3 is 3. The Morgan fingerprint density at radius 3 is 2.23 bits per heavy atom. The van der Waals surface area contributed by atoms with Gasteiger partial charge in [-0.2, -0.15) is 0 Å². The van der Waals surface area contributed by atoms with E-state index in [2.05, 4.69) is 22.2 Å². The Bertz CT molecular complexity index is 490. The molecule has 0 saturated carbocycles. The van der Waals surface area contributed by atoms with Crippen molar-refractivity contribution in [3.63, 3.8) is 0 Å². The number of hydrogen-bond acceptors (Lipinski definition) is 4. The van der Waals surface area contributed by atoms with E-state index in [1.807, 2.05) is 19.1 Å². The molecule has 1 rings (SSSR count).